The molecule has 80 valence electrons. The van der Waals surface area contributed by atoms with Gasteiger partial charge in [0.25, 0.3) is 0 Å². The van der Waals surface area contributed by atoms with Gasteiger partial charge in [-0.1, -0.05) is 17.7 Å². The van der Waals surface area contributed by atoms with E-state index in [0.717, 1.165) is 13.0 Å². The Hall–Kier alpha value is 0.0300. The number of halogens is 5. The molecule has 0 aromatic rings. The molecule has 0 bridgehead atoms. The van der Waals surface area contributed by atoms with Gasteiger partial charge in [0.1, 0.15) is 0 Å². The Morgan fingerprint density at radius 3 is 2.21 bits per heavy atom. The fourth-order valence-corrected chi connectivity index (χ4v) is 1.39. The maximum Gasteiger partial charge on any atom is 0.412 e. The number of hydrogen-bond donors (Lipinski definition) is 0. The Balaban J connectivity index is 4.92. The van der Waals surface area contributed by atoms with E-state index in [9.17, 15) is 13.2 Å². The Kier molecular flexibility index (Phi) is 5.81. The lowest BCUT2D eigenvalue weighted by Gasteiger charge is -2.05. The van der Waals surface area contributed by atoms with Gasteiger partial charge in [0.2, 0.25) is 0 Å². The van der Waals surface area contributed by atoms with Crippen LogP contribution in [-0.4, -0.2) is 6.18 Å². The van der Waals surface area contributed by atoms with Crippen LogP contribution in [0.25, 0.3) is 0 Å². The van der Waals surface area contributed by atoms with Crippen LogP contribution in [-0.2, 0) is 0 Å². The molecular formula is C9H9ClF3I. The third-order valence-corrected chi connectivity index (χ3v) is 2.87. The highest BCUT2D eigenvalue weighted by atomic mass is 127. The van der Waals surface area contributed by atoms with Gasteiger partial charge < -0.3 is 0 Å². The number of allylic oxidation sites excluding steroid dienone is 6. The third kappa shape index (κ3) is 5.05. The van der Waals surface area contributed by atoms with Crippen LogP contribution in [0.4, 0.5) is 13.2 Å². The van der Waals surface area contributed by atoms with Crippen LogP contribution >= 0.6 is 34.2 Å². The van der Waals surface area contributed by atoms with Crippen LogP contribution in [0.15, 0.2) is 32.4 Å². The van der Waals surface area contributed by atoms with Crippen molar-refractivity contribution >= 4 is 34.2 Å². The van der Waals surface area contributed by atoms with E-state index in [1.54, 1.807) is 41.7 Å². The van der Waals surface area contributed by atoms with Crippen molar-refractivity contribution in [3.63, 3.8) is 0 Å². The first kappa shape index (κ1) is 14.0. The molecule has 0 radical (unpaired) electrons. The molecule has 0 aromatic heterocycles. The Morgan fingerprint density at radius 1 is 1.36 bits per heavy atom. The van der Waals surface area contributed by atoms with E-state index in [2.05, 4.69) is 0 Å². The summed E-state index contributed by atoms with van der Waals surface area (Å²) in [4.78, 5) is 0. The van der Waals surface area contributed by atoms with Gasteiger partial charge in [-0.15, -0.1) is 0 Å². The van der Waals surface area contributed by atoms with Crippen molar-refractivity contribution in [3.05, 3.63) is 32.4 Å². The van der Waals surface area contributed by atoms with Gasteiger partial charge in [0, 0.05) is 9.15 Å². The highest BCUT2D eigenvalue weighted by Crippen LogP contribution is 2.29. The molecule has 0 aromatic carbocycles. The lowest BCUT2D eigenvalue weighted by atomic mass is 10.2. The molecule has 5 heteroatoms. The minimum Gasteiger partial charge on any atom is -0.166 e. The summed E-state index contributed by atoms with van der Waals surface area (Å²) in [7, 11) is 0. The van der Waals surface area contributed by atoms with Crippen molar-refractivity contribution in [3.8, 4) is 0 Å². The SMILES string of the molecule is C\C=C/C(Cl)=C(I)\C=C(/C)C(F)(F)F. The summed E-state index contributed by atoms with van der Waals surface area (Å²) in [5.41, 5.74) is -0.662. The molecular weight excluding hydrogens is 327 g/mol. The maximum absolute atomic E-state index is 12.1. The highest BCUT2D eigenvalue weighted by molar-refractivity contribution is 14.1. The van der Waals surface area contributed by atoms with E-state index >= 15 is 0 Å². The molecule has 0 atom stereocenters. The molecule has 0 heterocycles. The van der Waals surface area contributed by atoms with Gasteiger partial charge in [-0.05, 0) is 48.6 Å². The zero-order valence-electron chi connectivity index (χ0n) is 7.62. The predicted octanol–water partition coefficient (Wildman–Crippen LogP) is 4.96. The van der Waals surface area contributed by atoms with Crippen LogP contribution in [0.3, 0.4) is 0 Å². The summed E-state index contributed by atoms with van der Waals surface area (Å²) in [5.74, 6) is 0. The molecule has 14 heavy (non-hydrogen) atoms. The minimum absolute atomic E-state index is 0.302. The van der Waals surface area contributed by atoms with Crippen LogP contribution in [0, 0.1) is 0 Å². The summed E-state index contributed by atoms with van der Waals surface area (Å²) in [6.45, 7) is 2.76. The third-order valence-electron chi connectivity index (χ3n) is 1.33. The van der Waals surface area contributed by atoms with E-state index in [-0.39, 0.29) is 0 Å². The number of rotatable bonds is 2. The molecule has 0 unspecified atom stereocenters. The van der Waals surface area contributed by atoms with Crippen molar-refractivity contribution < 1.29 is 13.2 Å². The molecule has 0 saturated heterocycles. The molecule has 0 aliphatic carbocycles. The number of hydrogen-bond acceptors (Lipinski definition) is 0. The van der Waals surface area contributed by atoms with Crippen molar-refractivity contribution in [2.24, 2.45) is 0 Å². The average Bonchev–Trinajstić information content (AvgIpc) is 2.02. The van der Waals surface area contributed by atoms with Gasteiger partial charge >= 0.3 is 6.18 Å². The Morgan fingerprint density at radius 2 is 1.86 bits per heavy atom. The fraction of sp³-hybridized carbons (Fsp3) is 0.333. The lowest BCUT2D eigenvalue weighted by molar-refractivity contribution is -0.0913. The highest BCUT2D eigenvalue weighted by Gasteiger charge is 2.29. The predicted molar refractivity (Wildman–Crippen MR) is 61.5 cm³/mol. The molecule has 0 nitrogen and oxygen atoms in total. The monoisotopic (exact) mass is 336 g/mol. The van der Waals surface area contributed by atoms with E-state index in [4.69, 9.17) is 11.6 Å². The minimum atomic E-state index is -4.29. The molecule has 0 amide bonds. The maximum atomic E-state index is 12.1. The van der Waals surface area contributed by atoms with Crippen molar-refractivity contribution in [2.45, 2.75) is 20.0 Å². The molecule has 0 aliphatic heterocycles. The van der Waals surface area contributed by atoms with Gasteiger partial charge in [-0.25, -0.2) is 0 Å². The summed E-state index contributed by atoms with van der Waals surface area (Å²) in [6, 6.07) is 0. The van der Waals surface area contributed by atoms with Crippen LogP contribution in [0.1, 0.15) is 13.8 Å². The van der Waals surface area contributed by atoms with E-state index in [1.165, 1.54) is 0 Å². The molecule has 0 aliphatic rings. The fourth-order valence-electron chi connectivity index (χ4n) is 0.567. The molecule has 0 fully saturated rings. The van der Waals surface area contributed by atoms with E-state index in [0.29, 0.717) is 8.61 Å². The van der Waals surface area contributed by atoms with Gasteiger partial charge in [0.05, 0.1) is 5.03 Å². The van der Waals surface area contributed by atoms with Crippen LogP contribution in [0.2, 0.25) is 0 Å². The summed E-state index contributed by atoms with van der Waals surface area (Å²) in [5, 5.41) is 0.302. The van der Waals surface area contributed by atoms with Gasteiger partial charge in [-0.3, -0.25) is 0 Å². The largest absolute Gasteiger partial charge is 0.412 e. The Labute approximate surface area is 99.7 Å². The normalized spacial score (nSPS) is 16.1. The molecule has 0 rings (SSSR count). The van der Waals surface area contributed by atoms with Crippen LogP contribution in [0.5, 0.6) is 0 Å². The summed E-state index contributed by atoms with van der Waals surface area (Å²) < 4.78 is 36.7. The van der Waals surface area contributed by atoms with Crippen LogP contribution < -0.4 is 0 Å². The molecule has 0 saturated carbocycles. The second-order valence-corrected chi connectivity index (χ2v) is 4.09. The van der Waals surface area contributed by atoms with Crippen molar-refractivity contribution in [2.75, 3.05) is 0 Å². The van der Waals surface area contributed by atoms with Gasteiger partial charge in [0.15, 0.2) is 0 Å². The molecule has 0 N–H and O–H groups in total. The first-order valence-electron chi connectivity index (χ1n) is 3.72. The quantitative estimate of drug-likeness (QED) is 0.494. The van der Waals surface area contributed by atoms with Crippen molar-refractivity contribution in [1.29, 1.82) is 0 Å². The van der Waals surface area contributed by atoms with Crippen molar-refractivity contribution in [1.82, 2.24) is 0 Å². The molecule has 0 spiro atoms. The Bertz CT molecular complexity index is 287. The van der Waals surface area contributed by atoms with E-state index < -0.39 is 11.7 Å². The van der Waals surface area contributed by atoms with Gasteiger partial charge in [-0.2, -0.15) is 13.2 Å². The average molecular weight is 337 g/mol. The summed E-state index contributed by atoms with van der Waals surface area (Å²) >= 11 is 7.47. The summed E-state index contributed by atoms with van der Waals surface area (Å²) in [6.07, 6.45) is -0.0619. The smallest absolute Gasteiger partial charge is 0.166 e. The second kappa shape index (κ2) is 5.80. The standard InChI is InChI=1S/C9H9ClF3I/c1-3-4-7(10)8(14)5-6(2)9(11,12)13/h3-5H,1-2H3/b4-3-,6-5+,8-7-. The lowest BCUT2D eigenvalue weighted by Crippen LogP contribution is -2.08. The van der Waals surface area contributed by atoms with E-state index in [1.807, 2.05) is 0 Å². The first-order chi connectivity index (χ1) is 6.29. The zero-order chi connectivity index (χ0) is 11.4. The first-order valence-corrected chi connectivity index (χ1v) is 5.18. The second-order valence-electron chi connectivity index (χ2n) is 2.52. The number of alkyl halides is 3. The zero-order valence-corrected chi connectivity index (χ0v) is 10.5. The topological polar surface area (TPSA) is 0 Å².